The molecule has 0 aliphatic carbocycles. The van der Waals surface area contributed by atoms with Gasteiger partial charge in [-0.1, -0.05) is 27.7 Å². The molecule has 0 fully saturated rings. The molecule has 19 heavy (non-hydrogen) atoms. The molecule has 0 atom stereocenters. The van der Waals surface area contributed by atoms with E-state index in [2.05, 4.69) is 31.9 Å². The minimum Gasteiger partial charge on any atom is -0.384 e. The van der Waals surface area contributed by atoms with E-state index in [1.54, 1.807) is 12.1 Å². The third-order valence-corrected chi connectivity index (χ3v) is 4.73. The van der Waals surface area contributed by atoms with Crippen LogP contribution < -0.4 is 5.73 Å². The van der Waals surface area contributed by atoms with Crippen LogP contribution in [0.3, 0.4) is 0 Å². The van der Waals surface area contributed by atoms with Gasteiger partial charge in [-0.25, -0.2) is 4.39 Å². The van der Waals surface area contributed by atoms with Crippen molar-refractivity contribution in [1.82, 2.24) is 0 Å². The Balaban J connectivity index is 2.34. The van der Waals surface area contributed by atoms with Crippen LogP contribution in [0.4, 0.5) is 4.39 Å². The van der Waals surface area contributed by atoms with E-state index in [4.69, 9.17) is 11.1 Å². The summed E-state index contributed by atoms with van der Waals surface area (Å²) in [6.07, 6.45) is 0. The number of benzene rings is 2. The monoisotopic (exact) mass is 402 g/mol. The molecule has 0 aromatic heterocycles. The van der Waals surface area contributed by atoms with E-state index in [0.29, 0.717) is 10.5 Å². The van der Waals surface area contributed by atoms with Gasteiger partial charge in [0.25, 0.3) is 0 Å². The van der Waals surface area contributed by atoms with Crippen molar-refractivity contribution in [3.05, 3.63) is 56.7 Å². The molecule has 2 aromatic carbocycles. The molecule has 2 aromatic rings. The molecule has 0 radical (unpaired) electrons. The highest BCUT2D eigenvalue weighted by Crippen LogP contribution is 2.34. The van der Waals surface area contributed by atoms with Crippen molar-refractivity contribution in [1.29, 1.82) is 5.41 Å². The van der Waals surface area contributed by atoms with Crippen molar-refractivity contribution in [3.8, 4) is 0 Å². The van der Waals surface area contributed by atoms with Gasteiger partial charge in [0.15, 0.2) is 5.82 Å². The molecule has 2 nitrogen and oxygen atoms in total. The van der Waals surface area contributed by atoms with Crippen LogP contribution >= 0.6 is 43.6 Å². The van der Waals surface area contributed by atoms with E-state index < -0.39 is 5.82 Å². The van der Waals surface area contributed by atoms with Crippen LogP contribution in [0.1, 0.15) is 5.56 Å². The fourth-order valence-electron chi connectivity index (χ4n) is 1.45. The maximum absolute atomic E-state index is 14.2. The van der Waals surface area contributed by atoms with Gasteiger partial charge < -0.3 is 5.73 Å². The van der Waals surface area contributed by atoms with Crippen LogP contribution in [0.2, 0.25) is 0 Å². The fourth-order valence-corrected chi connectivity index (χ4v) is 3.26. The number of nitrogen functional groups attached to an aromatic ring is 1. The Morgan fingerprint density at radius 1 is 1.11 bits per heavy atom. The fraction of sp³-hybridized carbons (Fsp3) is 0. The van der Waals surface area contributed by atoms with Crippen LogP contribution in [0.15, 0.2) is 55.1 Å². The van der Waals surface area contributed by atoms with Crippen LogP contribution in [-0.2, 0) is 0 Å². The van der Waals surface area contributed by atoms with Gasteiger partial charge in [-0.05, 0) is 52.3 Å². The van der Waals surface area contributed by atoms with Gasteiger partial charge in [-0.2, -0.15) is 0 Å². The highest BCUT2D eigenvalue weighted by Gasteiger charge is 2.13. The zero-order valence-electron chi connectivity index (χ0n) is 9.58. The molecule has 0 spiro atoms. The largest absolute Gasteiger partial charge is 0.384 e. The van der Waals surface area contributed by atoms with E-state index in [9.17, 15) is 4.39 Å². The first-order valence-corrected chi connectivity index (χ1v) is 7.65. The second-order valence-corrected chi connectivity index (χ2v) is 6.53. The molecule has 0 amide bonds. The first-order valence-electron chi connectivity index (χ1n) is 5.25. The molecule has 2 rings (SSSR count). The Kier molecular flexibility index (Phi) is 4.65. The molecule has 0 saturated carbocycles. The Morgan fingerprint density at radius 3 is 2.32 bits per heavy atom. The number of rotatable bonds is 3. The van der Waals surface area contributed by atoms with Gasteiger partial charge in [-0.15, -0.1) is 0 Å². The molecule has 0 heterocycles. The summed E-state index contributed by atoms with van der Waals surface area (Å²) in [5.41, 5.74) is 5.74. The van der Waals surface area contributed by atoms with Crippen molar-refractivity contribution in [2.24, 2.45) is 5.73 Å². The predicted molar refractivity (Wildman–Crippen MR) is 83.4 cm³/mol. The number of hydrogen-bond donors (Lipinski definition) is 2. The van der Waals surface area contributed by atoms with Crippen LogP contribution in [0, 0.1) is 11.2 Å². The lowest BCUT2D eigenvalue weighted by molar-refractivity contribution is 0.594. The van der Waals surface area contributed by atoms with Gasteiger partial charge in [0.05, 0.1) is 4.47 Å². The van der Waals surface area contributed by atoms with E-state index >= 15 is 0 Å². The summed E-state index contributed by atoms with van der Waals surface area (Å²) in [6, 6.07) is 10.9. The Hall–Kier alpha value is -0.850. The number of amidine groups is 1. The first kappa shape index (κ1) is 14.6. The Labute approximate surface area is 131 Å². The number of halogens is 3. The molecule has 0 saturated heterocycles. The quantitative estimate of drug-likeness (QED) is 0.571. The van der Waals surface area contributed by atoms with Crippen LogP contribution in [0.25, 0.3) is 0 Å². The number of nitrogens with two attached hydrogens (primary N) is 1. The minimum absolute atomic E-state index is 0.161. The summed E-state index contributed by atoms with van der Waals surface area (Å²) in [6.45, 7) is 0. The van der Waals surface area contributed by atoms with Gasteiger partial charge in [0, 0.05) is 19.8 Å². The van der Waals surface area contributed by atoms with Gasteiger partial charge >= 0.3 is 0 Å². The zero-order valence-corrected chi connectivity index (χ0v) is 13.6. The molecular formula is C13H9Br2FN2S. The second kappa shape index (κ2) is 6.07. The molecule has 98 valence electrons. The lowest BCUT2D eigenvalue weighted by Gasteiger charge is -2.08. The first-order chi connectivity index (χ1) is 8.99. The van der Waals surface area contributed by atoms with Gasteiger partial charge in [0.2, 0.25) is 0 Å². The maximum atomic E-state index is 14.2. The third kappa shape index (κ3) is 3.38. The average Bonchev–Trinajstić information content (AvgIpc) is 2.37. The summed E-state index contributed by atoms with van der Waals surface area (Å²) >= 11 is 7.81. The molecule has 0 aliphatic heterocycles. The van der Waals surface area contributed by atoms with E-state index in [-0.39, 0.29) is 10.3 Å². The van der Waals surface area contributed by atoms with E-state index in [1.165, 1.54) is 11.8 Å². The smallest absolute Gasteiger partial charge is 0.152 e. The van der Waals surface area contributed by atoms with Crippen molar-refractivity contribution >= 4 is 49.5 Å². The van der Waals surface area contributed by atoms with Gasteiger partial charge in [0.1, 0.15) is 5.84 Å². The molecule has 0 aliphatic rings. The van der Waals surface area contributed by atoms with Crippen molar-refractivity contribution in [3.63, 3.8) is 0 Å². The number of nitrogens with one attached hydrogen (secondary N) is 1. The van der Waals surface area contributed by atoms with Crippen molar-refractivity contribution < 1.29 is 4.39 Å². The summed E-state index contributed by atoms with van der Waals surface area (Å²) in [7, 11) is 0. The predicted octanol–water partition coefficient (Wildman–Crippen LogP) is 4.79. The molecule has 0 bridgehead atoms. The van der Waals surface area contributed by atoms with Crippen LogP contribution in [0.5, 0.6) is 0 Å². The van der Waals surface area contributed by atoms with Crippen molar-refractivity contribution in [2.75, 3.05) is 0 Å². The summed E-state index contributed by atoms with van der Waals surface area (Å²) in [5, 5.41) is 7.36. The highest BCUT2D eigenvalue weighted by atomic mass is 79.9. The molecular weight excluding hydrogens is 395 g/mol. The standard InChI is InChI=1S/C13H9Br2FN2S/c14-7-1-3-8(4-2-7)19-10-6-5-9(13(17)18)11(15)12(10)16/h1-6H,(H3,17,18). The zero-order chi connectivity index (χ0) is 14.0. The lowest BCUT2D eigenvalue weighted by Crippen LogP contribution is -2.12. The Morgan fingerprint density at radius 2 is 1.74 bits per heavy atom. The molecule has 0 unspecified atom stereocenters. The van der Waals surface area contributed by atoms with E-state index in [0.717, 1.165) is 9.37 Å². The molecule has 3 N–H and O–H groups in total. The van der Waals surface area contributed by atoms with Crippen molar-refractivity contribution in [2.45, 2.75) is 9.79 Å². The topological polar surface area (TPSA) is 49.9 Å². The van der Waals surface area contributed by atoms with Gasteiger partial charge in [-0.3, -0.25) is 5.41 Å². The normalized spacial score (nSPS) is 10.5. The molecule has 6 heteroatoms. The minimum atomic E-state index is -0.402. The maximum Gasteiger partial charge on any atom is 0.152 e. The summed E-state index contributed by atoms with van der Waals surface area (Å²) in [4.78, 5) is 1.42. The highest BCUT2D eigenvalue weighted by molar-refractivity contribution is 9.10. The average molecular weight is 404 g/mol. The lowest BCUT2D eigenvalue weighted by atomic mass is 10.2. The summed E-state index contributed by atoms with van der Waals surface area (Å²) in [5.74, 6) is -0.563. The Bertz CT molecular complexity index is 629. The summed E-state index contributed by atoms with van der Waals surface area (Å²) < 4.78 is 15.4. The van der Waals surface area contributed by atoms with Crippen LogP contribution in [-0.4, -0.2) is 5.84 Å². The SMILES string of the molecule is N=C(N)c1ccc(Sc2ccc(Br)cc2)c(F)c1Br. The van der Waals surface area contributed by atoms with E-state index in [1.807, 2.05) is 24.3 Å². The third-order valence-electron chi connectivity index (χ3n) is 2.38. The second-order valence-electron chi connectivity index (χ2n) is 3.71. The number of hydrogen-bond acceptors (Lipinski definition) is 2.